The lowest BCUT2D eigenvalue weighted by Gasteiger charge is -2.20. The molecule has 15 heavy (non-hydrogen) atoms. The highest BCUT2D eigenvalue weighted by molar-refractivity contribution is 5.30. The molecule has 2 atom stereocenters. The predicted octanol–water partition coefficient (Wildman–Crippen LogP) is 2.89. The fourth-order valence-electron chi connectivity index (χ4n) is 2.45. The van der Waals surface area contributed by atoms with Crippen LogP contribution in [0, 0.1) is 11.7 Å². The summed E-state index contributed by atoms with van der Waals surface area (Å²) in [4.78, 5) is 0. The molecule has 0 saturated carbocycles. The highest BCUT2D eigenvalue weighted by atomic mass is 19.1. The minimum absolute atomic E-state index is 0.0436. The molecule has 2 rings (SSSR count). The number of fused-ring (bicyclic) bond motifs is 1. The number of hydrogen-bond acceptors (Lipinski definition) is 1. The van der Waals surface area contributed by atoms with E-state index in [9.17, 15) is 4.39 Å². The summed E-state index contributed by atoms with van der Waals surface area (Å²) in [5.74, 6) is 0.464. The van der Waals surface area contributed by atoms with E-state index in [-0.39, 0.29) is 5.82 Å². The van der Waals surface area contributed by atoms with Crippen molar-refractivity contribution < 1.29 is 4.39 Å². The Kier molecular flexibility index (Phi) is 3.06. The smallest absolute Gasteiger partial charge is 0.126 e. The number of rotatable bonds is 1. The van der Waals surface area contributed by atoms with Gasteiger partial charge in [0, 0.05) is 12.6 Å². The Morgan fingerprint density at radius 2 is 2.27 bits per heavy atom. The molecular formula is C13H18FN. The van der Waals surface area contributed by atoms with E-state index in [0.717, 1.165) is 30.5 Å². The molecule has 2 heteroatoms. The van der Waals surface area contributed by atoms with Crippen molar-refractivity contribution in [3.8, 4) is 0 Å². The minimum atomic E-state index is -0.0436. The van der Waals surface area contributed by atoms with E-state index in [1.54, 1.807) is 12.1 Å². The molecule has 1 nitrogen and oxygen atoms in total. The van der Waals surface area contributed by atoms with Crippen molar-refractivity contribution in [2.75, 3.05) is 0 Å². The Morgan fingerprint density at radius 1 is 1.47 bits per heavy atom. The van der Waals surface area contributed by atoms with Crippen LogP contribution in [0.2, 0.25) is 0 Å². The molecule has 0 spiro atoms. The van der Waals surface area contributed by atoms with E-state index >= 15 is 0 Å². The second kappa shape index (κ2) is 4.31. The third-order valence-corrected chi connectivity index (χ3v) is 3.42. The van der Waals surface area contributed by atoms with Gasteiger partial charge >= 0.3 is 0 Å². The van der Waals surface area contributed by atoms with Crippen molar-refractivity contribution in [1.29, 1.82) is 0 Å². The van der Waals surface area contributed by atoms with E-state index in [0.29, 0.717) is 12.0 Å². The lowest BCUT2D eigenvalue weighted by Crippen LogP contribution is -2.32. The van der Waals surface area contributed by atoms with Crippen LogP contribution in [0.4, 0.5) is 4.39 Å². The van der Waals surface area contributed by atoms with E-state index in [4.69, 9.17) is 0 Å². The van der Waals surface area contributed by atoms with Crippen molar-refractivity contribution in [2.24, 2.45) is 5.92 Å². The summed E-state index contributed by atoms with van der Waals surface area (Å²) in [5, 5.41) is 3.50. The molecule has 0 fully saturated rings. The standard InChI is InChI=1S/C13H18FN/c1-3-13-9(2)7-11-10(8-15-13)5-4-6-12(11)14/h4-6,9,13,15H,3,7-8H2,1-2H3. The fraction of sp³-hybridized carbons (Fsp3) is 0.538. The van der Waals surface area contributed by atoms with Gasteiger partial charge in [-0.1, -0.05) is 26.0 Å². The van der Waals surface area contributed by atoms with Gasteiger partial charge in [-0.25, -0.2) is 4.39 Å². The van der Waals surface area contributed by atoms with Crippen LogP contribution in [0.1, 0.15) is 31.4 Å². The molecule has 0 aromatic heterocycles. The van der Waals surface area contributed by atoms with Gasteiger partial charge in [0.1, 0.15) is 5.82 Å². The summed E-state index contributed by atoms with van der Waals surface area (Å²) in [7, 11) is 0. The summed E-state index contributed by atoms with van der Waals surface area (Å²) in [6.07, 6.45) is 1.96. The van der Waals surface area contributed by atoms with Crippen LogP contribution in [0.25, 0.3) is 0 Å². The second-order valence-corrected chi connectivity index (χ2v) is 4.45. The van der Waals surface area contributed by atoms with Gasteiger partial charge in [-0.15, -0.1) is 0 Å². The topological polar surface area (TPSA) is 12.0 Å². The summed E-state index contributed by atoms with van der Waals surface area (Å²) in [6, 6.07) is 5.90. The quantitative estimate of drug-likeness (QED) is 0.746. The maximum Gasteiger partial charge on any atom is 0.126 e. The molecule has 0 amide bonds. The van der Waals surface area contributed by atoms with Gasteiger partial charge in [0.25, 0.3) is 0 Å². The highest BCUT2D eigenvalue weighted by Crippen LogP contribution is 2.24. The first-order valence-electron chi connectivity index (χ1n) is 5.72. The molecule has 2 unspecified atom stereocenters. The summed E-state index contributed by atoms with van der Waals surface area (Å²) in [5.41, 5.74) is 2.03. The number of halogens is 1. The van der Waals surface area contributed by atoms with Crippen LogP contribution in [-0.2, 0) is 13.0 Å². The fourth-order valence-corrected chi connectivity index (χ4v) is 2.45. The van der Waals surface area contributed by atoms with Crippen molar-refractivity contribution >= 4 is 0 Å². The van der Waals surface area contributed by atoms with E-state index in [1.165, 1.54) is 0 Å². The van der Waals surface area contributed by atoms with Crippen LogP contribution in [0.5, 0.6) is 0 Å². The zero-order valence-electron chi connectivity index (χ0n) is 9.39. The maximum atomic E-state index is 13.6. The monoisotopic (exact) mass is 207 g/mol. The Balaban J connectivity index is 2.31. The predicted molar refractivity (Wildman–Crippen MR) is 60.2 cm³/mol. The lowest BCUT2D eigenvalue weighted by atomic mass is 9.92. The third-order valence-electron chi connectivity index (χ3n) is 3.42. The van der Waals surface area contributed by atoms with Crippen molar-refractivity contribution in [2.45, 2.75) is 39.3 Å². The minimum Gasteiger partial charge on any atom is -0.310 e. The number of hydrogen-bond donors (Lipinski definition) is 1. The van der Waals surface area contributed by atoms with Gasteiger partial charge in [-0.05, 0) is 36.0 Å². The first-order chi connectivity index (χ1) is 7.22. The molecule has 1 aromatic rings. The molecule has 1 aliphatic rings. The zero-order chi connectivity index (χ0) is 10.8. The molecule has 0 saturated heterocycles. The molecule has 82 valence electrons. The van der Waals surface area contributed by atoms with E-state index < -0.39 is 0 Å². The van der Waals surface area contributed by atoms with Crippen LogP contribution in [0.3, 0.4) is 0 Å². The van der Waals surface area contributed by atoms with Gasteiger partial charge in [-0.2, -0.15) is 0 Å². The number of nitrogens with one attached hydrogen (secondary N) is 1. The average molecular weight is 207 g/mol. The van der Waals surface area contributed by atoms with Gasteiger partial charge in [0.15, 0.2) is 0 Å². The SMILES string of the molecule is CCC1NCc2cccc(F)c2CC1C. The van der Waals surface area contributed by atoms with E-state index in [1.807, 2.05) is 6.07 Å². The first-order valence-corrected chi connectivity index (χ1v) is 5.72. The molecular weight excluding hydrogens is 189 g/mol. The summed E-state index contributed by atoms with van der Waals surface area (Å²) >= 11 is 0. The van der Waals surface area contributed by atoms with Gasteiger partial charge < -0.3 is 5.32 Å². The molecule has 1 aromatic carbocycles. The molecule has 1 aliphatic heterocycles. The van der Waals surface area contributed by atoms with Gasteiger partial charge in [0.05, 0.1) is 0 Å². The Bertz CT molecular complexity index is 348. The number of benzene rings is 1. The van der Waals surface area contributed by atoms with Crippen LogP contribution >= 0.6 is 0 Å². The maximum absolute atomic E-state index is 13.6. The van der Waals surface area contributed by atoms with Gasteiger partial charge in [-0.3, -0.25) is 0 Å². The van der Waals surface area contributed by atoms with E-state index in [2.05, 4.69) is 19.2 Å². The summed E-state index contributed by atoms with van der Waals surface area (Å²) < 4.78 is 13.6. The first kappa shape index (κ1) is 10.6. The Hall–Kier alpha value is -0.890. The van der Waals surface area contributed by atoms with Gasteiger partial charge in [0.2, 0.25) is 0 Å². The van der Waals surface area contributed by atoms with Crippen molar-refractivity contribution in [3.05, 3.63) is 35.1 Å². The second-order valence-electron chi connectivity index (χ2n) is 4.45. The Labute approximate surface area is 90.7 Å². The molecule has 1 heterocycles. The van der Waals surface area contributed by atoms with Crippen molar-refractivity contribution in [3.63, 3.8) is 0 Å². The van der Waals surface area contributed by atoms with Crippen molar-refractivity contribution in [1.82, 2.24) is 5.32 Å². The molecule has 0 radical (unpaired) electrons. The lowest BCUT2D eigenvalue weighted by molar-refractivity contribution is 0.374. The van der Waals surface area contributed by atoms with Crippen LogP contribution < -0.4 is 5.32 Å². The zero-order valence-corrected chi connectivity index (χ0v) is 9.39. The van der Waals surface area contributed by atoms with Crippen LogP contribution in [0.15, 0.2) is 18.2 Å². The molecule has 0 bridgehead atoms. The molecule has 1 N–H and O–H groups in total. The van der Waals surface area contributed by atoms with Crippen LogP contribution in [-0.4, -0.2) is 6.04 Å². The average Bonchev–Trinajstić information content (AvgIpc) is 2.38. The Morgan fingerprint density at radius 3 is 3.00 bits per heavy atom. The molecule has 0 aliphatic carbocycles. The largest absolute Gasteiger partial charge is 0.310 e. The highest BCUT2D eigenvalue weighted by Gasteiger charge is 2.22. The normalized spacial score (nSPS) is 25.8. The summed E-state index contributed by atoms with van der Waals surface area (Å²) in [6.45, 7) is 5.18. The third kappa shape index (κ3) is 2.05.